The number of rotatable bonds is 2. The van der Waals surface area contributed by atoms with Crippen molar-refractivity contribution in [3.63, 3.8) is 0 Å². The van der Waals surface area contributed by atoms with Crippen molar-refractivity contribution in [2.24, 2.45) is 11.7 Å². The van der Waals surface area contributed by atoms with E-state index in [-0.39, 0.29) is 23.9 Å². The summed E-state index contributed by atoms with van der Waals surface area (Å²) in [7, 11) is 0. The van der Waals surface area contributed by atoms with Crippen molar-refractivity contribution in [3.05, 3.63) is 35.4 Å². The van der Waals surface area contributed by atoms with Gasteiger partial charge in [0.25, 0.3) is 0 Å². The number of aliphatic hydroxyl groups excluding tert-OH is 1. The first-order chi connectivity index (χ1) is 9.65. The van der Waals surface area contributed by atoms with Gasteiger partial charge in [-0.2, -0.15) is 0 Å². The van der Waals surface area contributed by atoms with Crippen molar-refractivity contribution >= 4 is 5.91 Å². The van der Waals surface area contributed by atoms with E-state index in [1.54, 1.807) is 0 Å². The molecule has 0 heterocycles. The second-order valence-electron chi connectivity index (χ2n) is 6.08. The molecule has 0 aromatic heterocycles. The van der Waals surface area contributed by atoms with E-state index in [0.717, 1.165) is 36.8 Å². The van der Waals surface area contributed by atoms with Crippen LogP contribution < -0.4 is 11.1 Å². The minimum atomic E-state index is -0.520. The third-order valence-corrected chi connectivity index (χ3v) is 4.59. The quantitative estimate of drug-likeness (QED) is 0.760. The lowest BCUT2D eigenvalue weighted by Gasteiger charge is -2.28. The highest BCUT2D eigenvalue weighted by Crippen LogP contribution is 2.32. The van der Waals surface area contributed by atoms with Crippen LogP contribution in [0.5, 0.6) is 0 Å². The lowest BCUT2D eigenvalue weighted by atomic mass is 9.85. The van der Waals surface area contributed by atoms with Gasteiger partial charge in [-0.05, 0) is 30.4 Å². The zero-order valence-corrected chi connectivity index (χ0v) is 11.6. The minimum absolute atomic E-state index is 0.00119. The van der Waals surface area contributed by atoms with Gasteiger partial charge in [-0.3, -0.25) is 4.79 Å². The van der Waals surface area contributed by atoms with E-state index in [0.29, 0.717) is 6.42 Å². The molecule has 0 aliphatic heterocycles. The fraction of sp³-hybridized carbons (Fsp3) is 0.562. The molecule has 108 valence electrons. The molecule has 0 radical (unpaired) electrons. The van der Waals surface area contributed by atoms with E-state index in [1.165, 1.54) is 0 Å². The van der Waals surface area contributed by atoms with E-state index in [4.69, 9.17) is 5.73 Å². The number of fused-ring (bicyclic) bond motifs is 1. The van der Waals surface area contributed by atoms with Gasteiger partial charge < -0.3 is 16.2 Å². The summed E-state index contributed by atoms with van der Waals surface area (Å²) in [5.74, 6) is 0.0413. The number of hydrogen-bond acceptors (Lipinski definition) is 3. The van der Waals surface area contributed by atoms with Crippen LogP contribution in [0.1, 0.15) is 42.9 Å². The van der Waals surface area contributed by atoms with Gasteiger partial charge >= 0.3 is 0 Å². The number of nitrogens with two attached hydrogens (primary N) is 1. The molecule has 4 nitrogen and oxygen atoms in total. The normalized spacial score (nSPS) is 32.7. The maximum Gasteiger partial charge on any atom is 0.223 e. The van der Waals surface area contributed by atoms with Crippen LogP contribution in [-0.4, -0.2) is 23.2 Å². The van der Waals surface area contributed by atoms with Crippen LogP contribution in [0.3, 0.4) is 0 Å². The molecule has 0 spiro atoms. The highest BCUT2D eigenvalue weighted by atomic mass is 16.3. The van der Waals surface area contributed by atoms with Crippen molar-refractivity contribution < 1.29 is 9.90 Å². The van der Waals surface area contributed by atoms with E-state index in [1.807, 2.05) is 24.3 Å². The monoisotopic (exact) mass is 274 g/mol. The summed E-state index contributed by atoms with van der Waals surface area (Å²) in [6, 6.07) is 7.80. The lowest BCUT2D eigenvalue weighted by molar-refractivity contribution is -0.127. The molecule has 4 heteroatoms. The standard InChI is InChI=1S/C16H22N2O2/c17-12-6-3-5-11(8-12)16(20)18-15-13-7-2-1-4-10(13)9-14(15)19/h1-2,4,7,11-12,14-15,19H,3,5-6,8-9,17H2,(H,18,20)/t11?,12?,14-,15+/m1/s1. The summed E-state index contributed by atoms with van der Waals surface area (Å²) in [5, 5.41) is 13.2. The number of carbonyl (C=O) groups excluding carboxylic acids is 1. The Labute approximate surface area is 119 Å². The topological polar surface area (TPSA) is 75.4 Å². The Hall–Kier alpha value is -1.39. The number of benzene rings is 1. The highest BCUT2D eigenvalue weighted by Gasteiger charge is 2.34. The summed E-state index contributed by atoms with van der Waals surface area (Å²) >= 11 is 0. The molecule has 0 saturated heterocycles. The zero-order valence-electron chi connectivity index (χ0n) is 11.6. The summed E-state index contributed by atoms with van der Waals surface area (Å²) in [6.07, 6.45) is 3.79. The average Bonchev–Trinajstić information content (AvgIpc) is 2.75. The Morgan fingerprint density at radius 2 is 2.10 bits per heavy atom. The Morgan fingerprint density at radius 1 is 1.30 bits per heavy atom. The van der Waals surface area contributed by atoms with Gasteiger partial charge in [0.2, 0.25) is 5.91 Å². The Bertz CT molecular complexity index is 503. The zero-order chi connectivity index (χ0) is 14.1. The molecule has 20 heavy (non-hydrogen) atoms. The highest BCUT2D eigenvalue weighted by molar-refractivity contribution is 5.79. The molecule has 4 N–H and O–H groups in total. The fourth-order valence-electron chi connectivity index (χ4n) is 3.48. The maximum absolute atomic E-state index is 12.4. The van der Waals surface area contributed by atoms with E-state index < -0.39 is 6.10 Å². The summed E-state index contributed by atoms with van der Waals surface area (Å²) < 4.78 is 0. The second kappa shape index (κ2) is 5.54. The van der Waals surface area contributed by atoms with Gasteiger partial charge in [-0.1, -0.05) is 30.7 Å². The summed E-state index contributed by atoms with van der Waals surface area (Å²) in [6.45, 7) is 0. The van der Waals surface area contributed by atoms with Crippen molar-refractivity contribution in [1.82, 2.24) is 5.32 Å². The third kappa shape index (κ3) is 2.58. The summed E-state index contributed by atoms with van der Waals surface area (Å²) in [5.41, 5.74) is 8.13. The fourth-order valence-corrected chi connectivity index (χ4v) is 3.48. The van der Waals surface area contributed by atoms with Gasteiger partial charge in [-0.25, -0.2) is 0 Å². The second-order valence-corrected chi connectivity index (χ2v) is 6.08. The first kappa shape index (κ1) is 13.6. The average molecular weight is 274 g/mol. The van der Waals surface area contributed by atoms with Crippen LogP contribution in [0, 0.1) is 5.92 Å². The molecule has 2 aliphatic carbocycles. The third-order valence-electron chi connectivity index (χ3n) is 4.59. The number of nitrogens with one attached hydrogen (secondary N) is 1. The number of aliphatic hydroxyl groups is 1. The van der Waals surface area contributed by atoms with E-state index in [2.05, 4.69) is 5.32 Å². The molecule has 1 aromatic rings. The van der Waals surface area contributed by atoms with Gasteiger partial charge in [0.05, 0.1) is 12.1 Å². The van der Waals surface area contributed by atoms with Crippen LogP contribution in [0.25, 0.3) is 0 Å². The largest absolute Gasteiger partial charge is 0.390 e. The minimum Gasteiger partial charge on any atom is -0.390 e. The predicted molar refractivity (Wildman–Crippen MR) is 77.0 cm³/mol. The van der Waals surface area contributed by atoms with Crippen LogP contribution >= 0.6 is 0 Å². The molecular formula is C16H22N2O2. The SMILES string of the molecule is NC1CCCC(C(=O)N[C@H]2c3ccccc3C[C@H]2O)C1. The number of amides is 1. The van der Waals surface area contributed by atoms with E-state index in [9.17, 15) is 9.90 Å². The lowest BCUT2D eigenvalue weighted by Crippen LogP contribution is -2.41. The summed E-state index contributed by atoms with van der Waals surface area (Å²) in [4.78, 5) is 12.4. The van der Waals surface area contributed by atoms with Crippen LogP contribution in [0.15, 0.2) is 24.3 Å². The first-order valence-electron chi connectivity index (χ1n) is 7.47. The van der Waals surface area contributed by atoms with Crippen molar-refractivity contribution in [1.29, 1.82) is 0 Å². The molecule has 2 aliphatic rings. The van der Waals surface area contributed by atoms with Crippen LogP contribution in [-0.2, 0) is 11.2 Å². The molecule has 0 bridgehead atoms. The predicted octanol–water partition coefficient (Wildman–Crippen LogP) is 1.28. The van der Waals surface area contributed by atoms with Gasteiger partial charge in [0.1, 0.15) is 0 Å². The Morgan fingerprint density at radius 3 is 2.90 bits per heavy atom. The molecule has 1 amide bonds. The van der Waals surface area contributed by atoms with Crippen molar-refractivity contribution in [2.75, 3.05) is 0 Å². The molecule has 1 fully saturated rings. The van der Waals surface area contributed by atoms with Crippen molar-refractivity contribution in [3.8, 4) is 0 Å². The van der Waals surface area contributed by atoms with Gasteiger partial charge in [0.15, 0.2) is 0 Å². The Balaban J connectivity index is 1.70. The number of hydrogen-bond donors (Lipinski definition) is 3. The smallest absolute Gasteiger partial charge is 0.223 e. The number of carbonyl (C=O) groups is 1. The van der Waals surface area contributed by atoms with Gasteiger partial charge in [-0.15, -0.1) is 0 Å². The molecule has 4 atom stereocenters. The maximum atomic E-state index is 12.4. The molecule has 3 rings (SSSR count). The molecular weight excluding hydrogens is 252 g/mol. The van der Waals surface area contributed by atoms with Crippen molar-refractivity contribution in [2.45, 2.75) is 50.3 Å². The molecule has 1 aromatic carbocycles. The first-order valence-corrected chi connectivity index (χ1v) is 7.47. The van der Waals surface area contributed by atoms with Gasteiger partial charge in [0, 0.05) is 18.4 Å². The van der Waals surface area contributed by atoms with Crippen LogP contribution in [0.2, 0.25) is 0 Å². The Kier molecular flexibility index (Phi) is 3.76. The van der Waals surface area contributed by atoms with E-state index >= 15 is 0 Å². The molecule has 1 saturated carbocycles. The molecule has 2 unspecified atom stereocenters. The van der Waals surface area contributed by atoms with Crippen LogP contribution in [0.4, 0.5) is 0 Å².